The van der Waals surface area contributed by atoms with Crippen molar-refractivity contribution in [1.82, 2.24) is 4.90 Å². The summed E-state index contributed by atoms with van der Waals surface area (Å²) in [6.07, 6.45) is 31.7. The minimum Gasteiger partial charge on any atom is -0.375 e. The second kappa shape index (κ2) is 22.5. The van der Waals surface area contributed by atoms with Crippen LogP contribution in [0.3, 0.4) is 0 Å². The van der Waals surface area contributed by atoms with Gasteiger partial charge in [-0.25, -0.2) is 4.58 Å². The molecule has 0 radical (unpaired) electrons. The van der Waals surface area contributed by atoms with E-state index in [2.05, 4.69) is 129 Å². The van der Waals surface area contributed by atoms with E-state index in [-0.39, 0.29) is 0 Å². The van der Waals surface area contributed by atoms with Crippen molar-refractivity contribution in [2.45, 2.75) is 131 Å². The van der Waals surface area contributed by atoms with E-state index in [1.165, 1.54) is 140 Å². The Labute approximate surface area is 319 Å². The highest BCUT2D eigenvalue weighted by atomic mass is 15.1. The van der Waals surface area contributed by atoms with E-state index in [4.69, 9.17) is 6.58 Å². The highest BCUT2D eigenvalue weighted by Gasteiger charge is 2.28. The Hall–Kier alpha value is -3.59. The molecule has 0 bridgehead atoms. The number of nitrogens with zero attached hydrogens (tertiary/aromatic N) is 3. The molecule has 0 amide bonds. The molecule has 3 heteroatoms. The minimum atomic E-state index is 0.956. The van der Waals surface area contributed by atoms with Crippen molar-refractivity contribution in [3.8, 4) is 0 Å². The molecular formula is C49H72N3+. The van der Waals surface area contributed by atoms with Crippen LogP contribution in [-0.2, 0) is 6.42 Å². The lowest BCUT2D eigenvalue weighted by Gasteiger charge is -2.31. The van der Waals surface area contributed by atoms with Crippen molar-refractivity contribution in [2.75, 3.05) is 44.7 Å². The van der Waals surface area contributed by atoms with Crippen LogP contribution < -0.4 is 4.90 Å². The van der Waals surface area contributed by atoms with Gasteiger partial charge in [-0.1, -0.05) is 114 Å². The van der Waals surface area contributed by atoms with E-state index >= 15 is 0 Å². The maximum atomic E-state index is 4.70. The van der Waals surface area contributed by atoms with Crippen molar-refractivity contribution in [3.63, 3.8) is 0 Å². The van der Waals surface area contributed by atoms with Crippen LogP contribution in [-0.4, -0.2) is 55.0 Å². The van der Waals surface area contributed by atoms with Gasteiger partial charge in [0.25, 0.3) is 0 Å². The summed E-state index contributed by atoms with van der Waals surface area (Å²) in [5.41, 5.74) is 13.2. The summed E-state index contributed by atoms with van der Waals surface area (Å²) in [5.74, 6) is 0. The van der Waals surface area contributed by atoms with Gasteiger partial charge >= 0.3 is 0 Å². The van der Waals surface area contributed by atoms with Crippen molar-refractivity contribution in [2.24, 2.45) is 0 Å². The van der Waals surface area contributed by atoms with E-state index in [9.17, 15) is 0 Å². The number of allylic oxidation sites excluding steroid dienone is 7. The first kappa shape index (κ1) is 41.2. The Bertz CT molecular complexity index is 1570. The first-order chi connectivity index (χ1) is 25.5. The Balaban J connectivity index is 1.40. The zero-order valence-corrected chi connectivity index (χ0v) is 34.1. The molecule has 0 saturated heterocycles. The van der Waals surface area contributed by atoms with E-state index in [1.54, 1.807) is 0 Å². The van der Waals surface area contributed by atoms with Gasteiger partial charge in [-0.3, -0.25) is 0 Å². The summed E-state index contributed by atoms with van der Waals surface area (Å²) < 4.78 is 2.46. The van der Waals surface area contributed by atoms with Gasteiger partial charge in [0, 0.05) is 55.8 Å². The lowest BCUT2D eigenvalue weighted by Crippen LogP contribution is -2.23. The quantitative estimate of drug-likeness (QED) is 0.0612. The number of rotatable bonds is 24. The highest BCUT2D eigenvalue weighted by molar-refractivity contribution is 6.06. The summed E-state index contributed by atoms with van der Waals surface area (Å²) >= 11 is 0. The zero-order valence-electron chi connectivity index (χ0n) is 34.1. The fraction of sp³-hybridized carbons (Fsp3) is 0.531. The predicted molar refractivity (Wildman–Crippen MR) is 231 cm³/mol. The van der Waals surface area contributed by atoms with Crippen LogP contribution in [0.2, 0.25) is 0 Å². The molecule has 0 atom stereocenters. The molecule has 2 aliphatic rings. The third kappa shape index (κ3) is 11.5. The van der Waals surface area contributed by atoms with Crippen LogP contribution >= 0.6 is 0 Å². The van der Waals surface area contributed by atoms with Crippen molar-refractivity contribution in [1.29, 1.82) is 0 Å². The Morgan fingerprint density at radius 2 is 1.37 bits per heavy atom. The van der Waals surface area contributed by atoms with Crippen LogP contribution in [0.5, 0.6) is 0 Å². The average molecular weight is 703 g/mol. The lowest BCUT2D eigenvalue weighted by molar-refractivity contribution is -0.519. The van der Waals surface area contributed by atoms with Crippen molar-refractivity contribution in [3.05, 3.63) is 113 Å². The molecule has 0 fully saturated rings. The zero-order chi connectivity index (χ0) is 37.1. The van der Waals surface area contributed by atoms with Crippen LogP contribution in [0.15, 0.2) is 90.6 Å². The molecule has 2 aromatic carbocycles. The SMILES string of the molecule is C=C(c1ccccc1C1=C2C=CC(=[N+](CC)CC)C=C2Cc2cc(N(CC)CC)ccc21)N(C)CCCCCCCC/C=C/CCCCCCCC. The van der Waals surface area contributed by atoms with Gasteiger partial charge in [0.2, 0.25) is 0 Å². The molecule has 3 nitrogen and oxygen atoms in total. The number of hydrogen-bond acceptors (Lipinski definition) is 2. The van der Waals surface area contributed by atoms with Gasteiger partial charge in [-0.15, -0.1) is 0 Å². The Morgan fingerprint density at radius 1 is 0.731 bits per heavy atom. The van der Waals surface area contributed by atoms with E-state index in [0.717, 1.165) is 44.8 Å². The number of benzene rings is 2. The van der Waals surface area contributed by atoms with E-state index in [1.807, 2.05) is 0 Å². The Morgan fingerprint density at radius 3 is 2.02 bits per heavy atom. The molecular weight excluding hydrogens is 631 g/mol. The molecule has 52 heavy (non-hydrogen) atoms. The second-order valence-electron chi connectivity index (χ2n) is 14.9. The fourth-order valence-electron chi connectivity index (χ4n) is 8.04. The molecule has 0 unspecified atom stereocenters. The van der Waals surface area contributed by atoms with Gasteiger partial charge < -0.3 is 9.80 Å². The fourth-order valence-corrected chi connectivity index (χ4v) is 8.04. The van der Waals surface area contributed by atoms with Gasteiger partial charge in [0.1, 0.15) is 13.1 Å². The summed E-state index contributed by atoms with van der Waals surface area (Å²) in [6.45, 7) is 21.1. The smallest absolute Gasteiger partial charge is 0.200 e. The van der Waals surface area contributed by atoms with Gasteiger partial charge in [0.05, 0.1) is 0 Å². The van der Waals surface area contributed by atoms with Crippen LogP contribution in [0.25, 0.3) is 11.3 Å². The molecule has 0 saturated carbocycles. The first-order valence-corrected chi connectivity index (χ1v) is 21.2. The summed E-state index contributed by atoms with van der Waals surface area (Å²) in [7, 11) is 2.23. The standard InChI is InChI=1S/C49H72N3/c1-8-13-14-15-16-17-18-19-20-21-22-23-24-25-26-29-36-50(7)40(6)45-30-27-28-31-48(45)49-46-34-32-43(51(9-2)10-3)38-41(46)37-42-39-44(33-35-47(42)49)52(11-4)12-5/h19-20,27-28,30-35,38-39H,6,8-18,21-26,29,36-37H2,1-5,7H3/q+1/b20-19+. The van der Waals surface area contributed by atoms with Gasteiger partial charge in [0.15, 0.2) is 5.71 Å². The summed E-state index contributed by atoms with van der Waals surface area (Å²) in [6, 6.07) is 16.2. The molecule has 0 aliphatic heterocycles. The maximum Gasteiger partial charge on any atom is 0.200 e. The van der Waals surface area contributed by atoms with Gasteiger partial charge in [-0.2, -0.15) is 0 Å². The van der Waals surface area contributed by atoms with Crippen LogP contribution in [0.4, 0.5) is 5.69 Å². The number of unbranched alkanes of at least 4 members (excludes halogenated alkanes) is 12. The molecule has 0 heterocycles. The largest absolute Gasteiger partial charge is 0.375 e. The van der Waals surface area contributed by atoms with Crippen molar-refractivity contribution < 1.29 is 4.58 Å². The molecule has 2 aliphatic carbocycles. The maximum absolute atomic E-state index is 4.70. The van der Waals surface area contributed by atoms with E-state index < -0.39 is 0 Å². The lowest BCUT2D eigenvalue weighted by atomic mass is 9.76. The minimum absolute atomic E-state index is 0.956. The van der Waals surface area contributed by atoms with Gasteiger partial charge in [-0.05, 0) is 118 Å². The van der Waals surface area contributed by atoms with E-state index in [0.29, 0.717) is 0 Å². The highest BCUT2D eigenvalue weighted by Crippen LogP contribution is 2.43. The Kier molecular flexibility index (Phi) is 17.8. The molecule has 0 spiro atoms. The predicted octanol–water partition coefficient (Wildman–Crippen LogP) is 12.8. The average Bonchev–Trinajstić information content (AvgIpc) is 3.17. The first-order valence-electron chi connectivity index (χ1n) is 21.2. The molecule has 0 aromatic heterocycles. The topological polar surface area (TPSA) is 9.49 Å². The normalized spacial score (nSPS) is 13.7. The third-order valence-corrected chi connectivity index (χ3v) is 11.3. The molecule has 282 valence electrons. The summed E-state index contributed by atoms with van der Waals surface area (Å²) in [4.78, 5) is 4.86. The molecule has 4 rings (SSSR count). The second-order valence-corrected chi connectivity index (χ2v) is 14.9. The molecule has 2 aromatic rings. The number of fused-ring (bicyclic) bond motifs is 2. The van der Waals surface area contributed by atoms with Crippen LogP contribution in [0, 0.1) is 0 Å². The monoisotopic (exact) mass is 703 g/mol. The molecule has 0 N–H and O–H groups in total. The third-order valence-electron chi connectivity index (χ3n) is 11.3. The number of hydrogen-bond donors (Lipinski definition) is 0. The van der Waals surface area contributed by atoms with Crippen LogP contribution in [0.1, 0.15) is 147 Å². The number of anilines is 1. The summed E-state index contributed by atoms with van der Waals surface area (Å²) in [5, 5.41) is 0. The van der Waals surface area contributed by atoms with Crippen molar-refractivity contribution >= 4 is 22.7 Å².